The van der Waals surface area contributed by atoms with Crippen LogP contribution in [0.1, 0.15) is 44.2 Å². The first-order chi connectivity index (χ1) is 12.1. The quantitative estimate of drug-likeness (QED) is 0.828. The second-order valence-electron chi connectivity index (χ2n) is 6.69. The van der Waals surface area contributed by atoms with Gasteiger partial charge in [0.05, 0.1) is 5.82 Å². The van der Waals surface area contributed by atoms with Gasteiger partial charge in [0.1, 0.15) is 6.04 Å². The van der Waals surface area contributed by atoms with Gasteiger partial charge >= 0.3 is 0 Å². The molecular weight excluding hydrogens is 316 g/mol. The van der Waals surface area contributed by atoms with Crippen LogP contribution in [0.5, 0.6) is 0 Å². The van der Waals surface area contributed by atoms with E-state index in [-0.39, 0.29) is 17.9 Å². The number of imide groups is 1. The molecule has 6 nitrogen and oxygen atoms in total. The number of aromatic nitrogens is 1. The molecule has 1 aromatic heterocycles. The van der Waals surface area contributed by atoms with Crippen LogP contribution in [0.3, 0.4) is 0 Å². The van der Waals surface area contributed by atoms with Gasteiger partial charge in [0.25, 0.3) is 0 Å². The number of carbonyl (C=O) groups is 2. The van der Waals surface area contributed by atoms with Gasteiger partial charge in [-0.25, -0.2) is 0 Å². The highest BCUT2D eigenvalue weighted by Gasteiger charge is 2.33. The third kappa shape index (κ3) is 3.83. The molecule has 0 bridgehead atoms. The van der Waals surface area contributed by atoms with Crippen LogP contribution in [-0.2, 0) is 9.59 Å². The van der Waals surface area contributed by atoms with E-state index >= 15 is 0 Å². The fourth-order valence-electron chi connectivity index (χ4n) is 3.79. The van der Waals surface area contributed by atoms with Gasteiger partial charge in [0, 0.05) is 43.9 Å². The van der Waals surface area contributed by atoms with Gasteiger partial charge in [-0.05, 0) is 38.3 Å². The normalized spacial score (nSPS) is 21.8. The Balaban J connectivity index is 1.61. The molecule has 1 aromatic rings. The summed E-state index contributed by atoms with van der Waals surface area (Å²) in [5, 5.41) is 2.44. The molecule has 2 saturated heterocycles. The first-order valence-electron chi connectivity index (χ1n) is 9.05. The van der Waals surface area contributed by atoms with Crippen molar-refractivity contribution in [3.8, 4) is 0 Å². The van der Waals surface area contributed by atoms with Gasteiger partial charge < -0.3 is 9.80 Å². The minimum absolute atomic E-state index is 0.181. The number of nitrogens with zero attached hydrogens (tertiary/aromatic N) is 3. The molecule has 6 heteroatoms. The lowest BCUT2D eigenvalue weighted by Crippen LogP contribution is -2.54. The molecule has 1 unspecified atom stereocenters. The van der Waals surface area contributed by atoms with Crippen molar-refractivity contribution in [1.82, 2.24) is 20.1 Å². The minimum atomic E-state index is -0.302. The van der Waals surface area contributed by atoms with E-state index in [0.29, 0.717) is 25.3 Å². The highest BCUT2D eigenvalue weighted by Crippen LogP contribution is 2.29. The number of piperidine rings is 2. The van der Waals surface area contributed by atoms with Crippen LogP contribution in [0.15, 0.2) is 36.8 Å². The van der Waals surface area contributed by atoms with Crippen LogP contribution in [0, 0.1) is 0 Å². The summed E-state index contributed by atoms with van der Waals surface area (Å²) >= 11 is 0. The van der Waals surface area contributed by atoms with E-state index in [9.17, 15) is 9.59 Å². The maximum absolute atomic E-state index is 12.2. The maximum atomic E-state index is 12.2. The largest absolute Gasteiger partial charge is 0.359 e. The average molecular weight is 342 g/mol. The van der Waals surface area contributed by atoms with E-state index in [4.69, 9.17) is 0 Å². The Morgan fingerprint density at radius 3 is 2.68 bits per heavy atom. The molecule has 3 rings (SSSR count). The van der Waals surface area contributed by atoms with Crippen LogP contribution < -0.4 is 5.32 Å². The van der Waals surface area contributed by atoms with Crippen molar-refractivity contribution in [1.29, 1.82) is 0 Å². The molecule has 1 N–H and O–H groups in total. The molecule has 0 radical (unpaired) electrons. The Labute approximate surface area is 148 Å². The van der Waals surface area contributed by atoms with Crippen molar-refractivity contribution >= 4 is 11.8 Å². The van der Waals surface area contributed by atoms with Crippen molar-refractivity contribution in [3.05, 3.63) is 42.5 Å². The molecular formula is C19H26N4O2. The van der Waals surface area contributed by atoms with Crippen LogP contribution in [0.25, 0.3) is 0 Å². The van der Waals surface area contributed by atoms with Crippen molar-refractivity contribution in [2.75, 3.05) is 19.6 Å². The monoisotopic (exact) mass is 342 g/mol. The highest BCUT2D eigenvalue weighted by molar-refractivity contribution is 6.00. The molecule has 3 heterocycles. The van der Waals surface area contributed by atoms with Gasteiger partial charge in [-0.2, -0.15) is 0 Å². The van der Waals surface area contributed by atoms with Gasteiger partial charge in [0.15, 0.2) is 0 Å². The zero-order chi connectivity index (χ0) is 17.8. The Kier molecular flexibility index (Phi) is 5.36. The van der Waals surface area contributed by atoms with Crippen molar-refractivity contribution in [3.63, 3.8) is 0 Å². The van der Waals surface area contributed by atoms with Crippen LogP contribution in [0.2, 0.25) is 0 Å². The number of hydrogen-bond donors (Lipinski definition) is 1. The summed E-state index contributed by atoms with van der Waals surface area (Å²) in [5.74, 6) is 0.981. The average Bonchev–Trinajstić information content (AvgIpc) is 2.65. The zero-order valence-electron chi connectivity index (χ0n) is 14.8. The summed E-state index contributed by atoms with van der Waals surface area (Å²) in [6, 6.07) is 5.77. The van der Waals surface area contributed by atoms with E-state index < -0.39 is 0 Å². The summed E-state index contributed by atoms with van der Waals surface area (Å²) in [6.07, 6.45) is 4.86. The number of likely N-dealkylation sites (N-methyl/N-ethyl adjacent to an activating group) is 1. The molecule has 2 fully saturated rings. The van der Waals surface area contributed by atoms with E-state index in [1.165, 1.54) is 0 Å². The Bertz CT molecular complexity index is 638. The Hall–Kier alpha value is -2.37. The molecule has 2 aliphatic heterocycles. The molecule has 2 amide bonds. The number of hydrogen-bond acceptors (Lipinski definition) is 5. The van der Waals surface area contributed by atoms with Crippen LogP contribution >= 0.6 is 0 Å². The third-order valence-corrected chi connectivity index (χ3v) is 5.22. The minimum Gasteiger partial charge on any atom is -0.359 e. The fourth-order valence-corrected chi connectivity index (χ4v) is 3.79. The number of likely N-dealkylation sites (tertiary alicyclic amines) is 1. The Morgan fingerprint density at radius 1 is 1.32 bits per heavy atom. The molecule has 25 heavy (non-hydrogen) atoms. The van der Waals surface area contributed by atoms with Crippen molar-refractivity contribution in [2.24, 2.45) is 0 Å². The predicted octanol–water partition coefficient (Wildman–Crippen LogP) is 1.86. The third-order valence-electron chi connectivity index (χ3n) is 5.22. The highest BCUT2D eigenvalue weighted by atomic mass is 16.2. The van der Waals surface area contributed by atoms with Gasteiger partial charge in [-0.15, -0.1) is 0 Å². The molecule has 0 aliphatic carbocycles. The number of rotatable bonds is 5. The summed E-state index contributed by atoms with van der Waals surface area (Å²) in [6.45, 7) is 8.78. The van der Waals surface area contributed by atoms with E-state index in [1.807, 2.05) is 30.2 Å². The molecule has 0 saturated carbocycles. The lowest BCUT2D eigenvalue weighted by Gasteiger charge is -2.42. The maximum Gasteiger partial charge on any atom is 0.249 e. The zero-order valence-corrected chi connectivity index (χ0v) is 14.8. The van der Waals surface area contributed by atoms with Gasteiger partial charge in [-0.1, -0.05) is 12.6 Å². The molecule has 0 aromatic carbocycles. The van der Waals surface area contributed by atoms with Crippen molar-refractivity contribution < 1.29 is 9.59 Å². The first-order valence-corrected chi connectivity index (χ1v) is 9.05. The van der Waals surface area contributed by atoms with E-state index in [0.717, 1.165) is 37.4 Å². The number of carbonyl (C=O) groups excluding carboxylic acids is 2. The lowest BCUT2D eigenvalue weighted by molar-refractivity contribution is -0.137. The van der Waals surface area contributed by atoms with Crippen LogP contribution in [-0.4, -0.2) is 52.3 Å². The summed E-state index contributed by atoms with van der Waals surface area (Å²) in [4.78, 5) is 32.3. The number of pyridine rings is 1. The molecule has 134 valence electrons. The van der Waals surface area contributed by atoms with E-state index in [2.05, 4.69) is 27.8 Å². The molecule has 0 spiro atoms. The standard InChI is InChI=1S/C19H26N4O2/c1-3-23(17-7-8-18(24)21-19(17)25)14(2)22-12-9-15(10-13-22)16-6-4-5-11-20-16/h4-6,11,15,17H,2-3,7-10,12-13H2,1H3,(H,21,24,25). The summed E-state index contributed by atoms with van der Waals surface area (Å²) in [7, 11) is 0. The second kappa shape index (κ2) is 7.68. The van der Waals surface area contributed by atoms with Gasteiger partial charge in [-0.3, -0.25) is 19.9 Å². The summed E-state index contributed by atoms with van der Waals surface area (Å²) < 4.78 is 0. The first kappa shape index (κ1) is 17.5. The predicted molar refractivity (Wildman–Crippen MR) is 95.5 cm³/mol. The van der Waals surface area contributed by atoms with Gasteiger partial charge in [0.2, 0.25) is 11.8 Å². The van der Waals surface area contributed by atoms with E-state index in [1.54, 1.807) is 0 Å². The topological polar surface area (TPSA) is 65.5 Å². The summed E-state index contributed by atoms with van der Waals surface area (Å²) in [5.41, 5.74) is 1.16. The van der Waals surface area contributed by atoms with Crippen LogP contribution in [0.4, 0.5) is 0 Å². The fraction of sp³-hybridized carbons (Fsp3) is 0.526. The molecule has 2 aliphatic rings. The second-order valence-corrected chi connectivity index (χ2v) is 6.69. The Morgan fingerprint density at radius 2 is 2.08 bits per heavy atom. The lowest BCUT2D eigenvalue weighted by atomic mass is 9.93. The number of amides is 2. The van der Waals surface area contributed by atoms with Crippen molar-refractivity contribution in [2.45, 2.75) is 44.6 Å². The SMILES string of the molecule is C=C(N1CCC(c2ccccn2)CC1)N(CC)C1CCC(=O)NC1=O. The smallest absolute Gasteiger partial charge is 0.249 e. The molecule has 1 atom stereocenters. The number of nitrogens with one attached hydrogen (secondary N) is 1.